The van der Waals surface area contributed by atoms with Crippen molar-refractivity contribution in [3.8, 4) is 0 Å². The van der Waals surface area contributed by atoms with E-state index >= 15 is 0 Å². The summed E-state index contributed by atoms with van der Waals surface area (Å²) in [5, 5.41) is 6.12. The van der Waals surface area contributed by atoms with Crippen molar-refractivity contribution < 1.29 is 4.79 Å². The van der Waals surface area contributed by atoms with Gasteiger partial charge in [-0.25, -0.2) is 0 Å². The van der Waals surface area contributed by atoms with Crippen molar-refractivity contribution in [2.24, 2.45) is 0 Å². The standard InChI is InChI=1S/C20H21NO/c1-2-19(22)20-17(12-16-9-10-18(20)21-16)15-8-7-13-5-3-4-6-14(13)11-15/h3-8,11,16,18,21H,2,9-10,12H2,1H3. The fourth-order valence-electron chi connectivity index (χ4n) is 3.98. The molecule has 0 spiro atoms. The molecule has 2 unspecified atom stereocenters. The third-order valence-corrected chi connectivity index (χ3v) is 5.08. The maximum absolute atomic E-state index is 12.5. The summed E-state index contributed by atoms with van der Waals surface area (Å²) in [7, 11) is 0. The first-order chi connectivity index (χ1) is 10.8. The Morgan fingerprint density at radius 2 is 1.95 bits per heavy atom. The summed E-state index contributed by atoms with van der Waals surface area (Å²) in [5.41, 5.74) is 3.56. The Hall–Kier alpha value is -1.93. The molecule has 0 amide bonds. The Bertz CT molecular complexity index is 774. The number of fused-ring (bicyclic) bond motifs is 3. The molecule has 2 nitrogen and oxygen atoms in total. The second-order valence-corrected chi connectivity index (χ2v) is 6.43. The van der Waals surface area contributed by atoms with Gasteiger partial charge in [-0.2, -0.15) is 0 Å². The number of carbonyl (C=O) groups excluding carboxylic acids is 1. The zero-order valence-corrected chi connectivity index (χ0v) is 12.9. The van der Waals surface area contributed by atoms with E-state index < -0.39 is 0 Å². The van der Waals surface area contributed by atoms with Crippen LogP contribution in [0.15, 0.2) is 48.0 Å². The van der Waals surface area contributed by atoms with Crippen LogP contribution in [0.1, 0.15) is 38.2 Å². The van der Waals surface area contributed by atoms with Gasteiger partial charge in [0.1, 0.15) is 0 Å². The highest BCUT2D eigenvalue weighted by molar-refractivity contribution is 6.05. The van der Waals surface area contributed by atoms with Crippen LogP contribution >= 0.6 is 0 Å². The smallest absolute Gasteiger partial charge is 0.160 e. The first-order valence-electron chi connectivity index (χ1n) is 8.27. The van der Waals surface area contributed by atoms with Crippen LogP contribution in [0.25, 0.3) is 16.3 Å². The number of carbonyl (C=O) groups is 1. The number of benzene rings is 2. The molecule has 0 radical (unpaired) electrons. The van der Waals surface area contributed by atoms with E-state index in [0.29, 0.717) is 18.2 Å². The minimum atomic E-state index is 0.271. The minimum Gasteiger partial charge on any atom is -0.307 e. The summed E-state index contributed by atoms with van der Waals surface area (Å²) in [6.45, 7) is 1.97. The summed E-state index contributed by atoms with van der Waals surface area (Å²) in [6.07, 6.45) is 3.86. The van der Waals surface area contributed by atoms with E-state index in [-0.39, 0.29) is 6.04 Å². The number of rotatable bonds is 3. The molecule has 22 heavy (non-hydrogen) atoms. The summed E-state index contributed by atoms with van der Waals surface area (Å²) >= 11 is 0. The van der Waals surface area contributed by atoms with Gasteiger partial charge in [-0.3, -0.25) is 4.79 Å². The molecular weight excluding hydrogens is 270 g/mol. The lowest BCUT2D eigenvalue weighted by atomic mass is 9.86. The van der Waals surface area contributed by atoms with Gasteiger partial charge >= 0.3 is 0 Å². The number of nitrogens with one attached hydrogen (secondary N) is 1. The largest absolute Gasteiger partial charge is 0.307 e. The molecule has 0 aromatic heterocycles. The van der Waals surface area contributed by atoms with Crippen molar-refractivity contribution in [3.05, 3.63) is 53.6 Å². The number of ketones is 1. The molecule has 112 valence electrons. The van der Waals surface area contributed by atoms with Crippen LogP contribution in [0.4, 0.5) is 0 Å². The van der Waals surface area contributed by atoms with Gasteiger partial charge < -0.3 is 5.32 Å². The van der Waals surface area contributed by atoms with Crippen LogP contribution in [0.3, 0.4) is 0 Å². The van der Waals surface area contributed by atoms with E-state index in [0.717, 1.165) is 18.4 Å². The van der Waals surface area contributed by atoms with Gasteiger partial charge in [-0.1, -0.05) is 43.3 Å². The predicted octanol–water partition coefficient (Wildman–Crippen LogP) is 4.10. The lowest BCUT2D eigenvalue weighted by Crippen LogP contribution is -2.38. The van der Waals surface area contributed by atoms with E-state index in [1.807, 2.05) is 6.92 Å². The molecule has 2 aromatic rings. The van der Waals surface area contributed by atoms with Crippen molar-refractivity contribution in [2.75, 3.05) is 0 Å². The molecule has 1 saturated heterocycles. The Morgan fingerprint density at radius 1 is 1.14 bits per heavy atom. The predicted molar refractivity (Wildman–Crippen MR) is 90.7 cm³/mol. The van der Waals surface area contributed by atoms with Crippen LogP contribution in [-0.2, 0) is 4.79 Å². The molecule has 2 atom stereocenters. The molecule has 2 aliphatic rings. The molecule has 0 aliphatic carbocycles. The first kappa shape index (κ1) is 13.7. The summed E-state index contributed by atoms with van der Waals surface area (Å²) in [4.78, 5) is 12.5. The molecule has 0 saturated carbocycles. The van der Waals surface area contributed by atoms with Crippen molar-refractivity contribution in [1.82, 2.24) is 5.32 Å². The van der Waals surface area contributed by atoms with Gasteiger partial charge in [-0.05, 0) is 47.2 Å². The zero-order chi connectivity index (χ0) is 15.1. The van der Waals surface area contributed by atoms with Gasteiger partial charge in [0.25, 0.3) is 0 Å². The topological polar surface area (TPSA) is 29.1 Å². The Balaban J connectivity index is 1.87. The number of hydrogen-bond acceptors (Lipinski definition) is 2. The van der Waals surface area contributed by atoms with Crippen molar-refractivity contribution in [3.63, 3.8) is 0 Å². The molecule has 2 heterocycles. The van der Waals surface area contributed by atoms with Crippen molar-refractivity contribution >= 4 is 22.1 Å². The molecule has 1 fully saturated rings. The maximum Gasteiger partial charge on any atom is 0.160 e. The summed E-state index contributed by atoms with van der Waals surface area (Å²) in [6, 6.07) is 15.9. The zero-order valence-electron chi connectivity index (χ0n) is 12.9. The van der Waals surface area contributed by atoms with E-state index in [9.17, 15) is 4.79 Å². The lowest BCUT2D eigenvalue weighted by Gasteiger charge is -2.27. The van der Waals surface area contributed by atoms with Crippen molar-refractivity contribution in [2.45, 2.75) is 44.7 Å². The van der Waals surface area contributed by atoms with Gasteiger partial charge in [0.2, 0.25) is 0 Å². The third-order valence-electron chi connectivity index (χ3n) is 5.08. The van der Waals surface area contributed by atoms with Gasteiger partial charge in [-0.15, -0.1) is 0 Å². The fourth-order valence-corrected chi connectivity index (χ4v) is 3.98. The molecule has 2 bridgehead atoms. The fraction of sp³-hybridized carbons (Fsp3) is 0.350. The molecule has 1 N–H and O–H groups in total. The minimum absolute atomic E-state index is 0.271. The van der Waals surface area contributed by atoms with Crippen LogP contribution in [0.2, 0.25) is 0 Å². The highest BCUT2D eigenvalue weighted by Crippen LogP contribution is 2.38. The summed E-state index contributed by atoms with van der Waals surface area (Å²) < 4.78 is 0. The average molecular weight is 291 g/mol. The molecule has 4 rings (SSSR count). The quantitative estimate of drug-likeness (QED) is 0.922. The number of Topliss-reactive ketones (excluding diaryl/α,β-unsaturated/α-hetero) is 1. The van der Waals surface area contributed by atoms with Gasteiger partial charge in [0.05, 0.1) is 0 Å². The first-order valence-corrected chi connectivity index (χ1v) is 8.27. The van der Waals surface area contributed by atoms with Gasteiger partial charge in [0.15, 0.2) is 5.78 Å². The second-order valence-electron chi connectivity index (χ2n) is 6.43. The van der Waals surface area contributed by atoms with Crippen molar-refractivity contribution in [1.29, 1.82) is 0 Å². The normalized spacial score (nSPS) is 24.0. The van der Waals surface area contributed by atoms with Crippen LogP contribution in [0.5, 0.6) is 0 Å². The average Bonchev–Trinajstić information content (AvgIpc) is 2.95. The molecule has 2 aliphatic heterocycles. The highest BCUT2D eigenvalue weighted by Gasteiger charge is 2.36. The molecular formula is C20H21NO. The third kappa shape index (κ3) is 2.19. The van der Waals surface area contributed by atoms with E-state index in [2.05, 4.69) is 47.8 Å². The van der Waals surface area contributed by atoms with E-state index in [4.69, 9.17) is 0 Å². The van der Waals surface area contributed by atoms with Crippen LogP contribution < -0.4 is 5.32 Å². The maximum atomic E-state index is 12.5. The van der Waals surface area contributed by atoms with Crippen LogP contribution in [-0.4, -0.2) is 17.9 Å². The van der Waals surface area contributed by atoms with Crippen LogP contribution in [0, 0.1) is 0 Å². The highest BCUT2D eigenvalue weighted by atomic mass is 16.1. The monoisotopic (exact) mass is 291 g/mol. The van der Waals surface area contributed by atoms with Gasteiger partial charge in [0, 0.05) is 24.1 Å². The Morgan fingerprint density at radius 3 is 2.77 bits per heavy atom. The van der Waals surface area contributed by atoms with E-state index in [1.54, 1.807) is 0 Å². The molecule has 2 heteroatoms. The van der Waals surface area contributed by atoms with E-state index in [1.165, 1.54) is 28.3 Å². The Kier molecular flexibility index (Phi) is 3.34. The summed E-state index contributed by atoms with van der Waals surface area (Å²) in [5.74, 6) is 0.306. The number of hydrogen-bond donors (Lipinski definition) is 1. The lowest BCUT2D eigenvalue weighted by molar-refractivity contribution is -0.115. The Labute approximate surface area is 131 Å². The molecule has 2 aromatic carbocycles. The SMILES string of the molecule is CCC(=O)C1=C(c2ccc3ccccc3c2)CC2CCC1N2. The second kappa shape index (κ2) is 5.36.